The summed E-state index contributed by atoms with van der Waals surface area (Å²) in [6, 6.07) is 0.934. The van der Waals surface area contributed by atoms with E-state index < -0.39 is 29.3 Å². The molecule has 2 aromatic heterocycles. The summed E-state index contributed by atoms with van der Waals surface area (Å²) in [6.45, 7) is 0.653. The number of amides is 1. The fourth-order valence-electron chi connectivity index (χ4n) is 3.77. The molecular formula is C19H18F2N6O3. The summed E-state index contributed by atoms with van der Waals surface area (Å²) in [5.74, 6) is -3.55. The minimum atomic E-state index is -1.47. The van der Waals surface area contributed by atoms with Gasteiger partial charge in [0.1, 0.15) is 12.1 Å². The maximum absolute atomic E-state index is 14.4. The van der Waals surface area contributed by atoms with Crippen LogP contribution in [0.2, 0.25) is 0 Å². The van der Waals surface area contributed by atoms with Gasteiger partial charge in [-0.25, -0.2) is 28.6 Å². The maximum atomic E-state index is 14.4. The Morgan fingerprint density at radius 3 is 2.60 bits per heavy atom. The van der Waals surface area contributed by atoms with Crippen LogP contribution in [0.25, 0.3) is 0 Å². The number of hydrogen-bond donors (Lipinski definition) is 1. The molecular weight excluding hydrogens is 398 g/mol. The summed E-state index contributed by atoms with van der Waals surface area (Å²) in [6.07, 6.45) is 6.56. The second-order valence-corrected chi connectivity index (χ2v) is 7.10. The first-order chi connectivity index (χ1) is 14.5. The Morgan fingerprint density at radius 2 is 1.90 bits per heavy atom. The summed E-state index contributed by atoms with van der Waals surface area (Å²) in [4.78, 5) is 36.9. The van der Waals surface area contributed by atoms with E-state index in [1.54, 1.807) is 11.1 Å². The summed E-state index contributed by atoms with van der Waals surface area (Å²) < 4.78 is 27.9. The Morgan fingerprint density at radius 1 is 1.13 bits per heavy atom. The highest BCUT2D eigenvalue weighted by Gasteiger charge is 2.36. The summed E-state index contributed by atoms with van der Waals surface area (Å²) >= 11 is 0. The standard InChI is InChI=1S/C19H18F2N6O3/c20-13-7-12(8-22-9-13)14-1-4-25-27(14)18(28)11-2-5-26(6-3-11)17-15(21)16(19(29)30)23-10-24-17/h4,7-11,14H,1-3,5-6H2,(H,29,30)/t14-/m0/s1. The van der Waals surface area contributed by atoms with E-state index in [2.05, 4.69) is 20.1 Å². The predicted octanol–water partition coefficient (Wildman–Crippen LogP) is 2.02. The van der Waals surface area contributed by atoms with Crippen LogP contribution in [0.5, 0.6) is 0 Å². The number of hydrogen-bond acceptors (Lipinski definition) is 7. The lowest BCUT2D eigenvalue weighted by atomic mass is 9.94. The molecule has 0 aromatic carbocycles. The molecule has 30 heavy (non-hydrogen) atoms. The van der Waals surface area contributed by atoms with E-state index >= 15 is 0 Å². The van der Waals surface area contributed by atoms with Crippen LogP contribution in [-0.4, -0.2) is 56.2 Å². The Hall–Kier alpha value is -3.50. The van der Waals surface area contributed by atoms with Crippen molar-refractivity contribution < 1.29 is 23.5 Å². The van der Waals surface area contributed by atoms with Gasteiger partial charge in [0.25, 0.3) is 0 Å². The molecule has 4 heterocycles. The number of aromatic nitrogens is 3. The third kappa shape index (κ3) is 3.70. The van der Waals surface area contributed by atoms with Crippen molar-refractivity contribution in [1.29, 1.82) is 0 Å². The van der Waals surface area contributed by atoms with E-state index in [0.29, 0.717) is 37.9 Å². The van der Waals surface area contributed by atoms with E-state index in [9.17, 15) is 18.4 Å². The van der Waals surface area contributed by atoms with Gasteiger partial charge in [0.05, 0.1) is 12.2 Å². The van der Waals surface area contributed by atoms with E-state index in [0.717, 1.165) is 12.5 Å². The zero-order valence-corrected chi connectivity index (χ0v) is 15.8. The topological polar surface area (TPSA) is 112 Å². The van der Waals surface area contributed by atoms with Crippen LogP contribution in [0.4, 0.5) is 14.6 Å². The van der Waals surface area contributed by atoms with Crippen LogP contribution in [0, 0.1) is 17.6 Å². The number of carboxylic acid groups (broad SMARTS) is 1. The largest absolute Gasteiger partial charge is 0.476 e. The lowest BCUT2D eigenvalue weighted by molar-refractivity contribution is -0.138. The van der Waals surface area contributed by atoms with E-state index in [1.807, 2.05) is 0 Å². The fraction of sp³-hybridized carbons (Fsp3) is 0.368. The Bertz CT molecular complexity index is 1010. The first-order valence-electron chi connectivity index (χ1n) is 9.40. The zero-order valence-electron chi connectivity index (χ0n) is 15.8. The molecule has 0 spiro atoms. The molecule has 9 nitrogen and oxygen atoms in total. The van der Waals surface area contributed by atoms with Crippen LogP contribution in [-0.2, 0) is 4.79 Å². The molecule has 2 aliphatic rings. The van der Waals surface area contributed by atoms with Crippen molar-refractivity contribution in [1.82, 2.24) is 20.0 Å². The molecule has 156 valence electrons. The molecule has 1 N–H and O–H groups in total. The lowest BCUT2D eigenvalue weighted by Crippen LogP contribution is -2.41. The molecule has 0 aliphatic carbocycles. The normalized spacial score (nSPS) is 19.3. The predicted molar refractivity (Wildman–Crippen MR) is 101 cm³/mol. The number of carboxylic acids is 1. The van der Waals surface area contributed by atoms with Crippen molar-refractivity contribution in [2.75, 3.05) is 18.0 Å². The van der Waals surface area contributed by atoms with Crippen LogP contribution in [0.3, 0.4) is 0 Å². The van der Waals surface area contributed by atoms with Crippen molar-refractivity contribution in [3.63, 3.8) is 0 Å². The van der Waals surface area contributed by atoms with Gasteiger partial charge in [-0.3, -0.25) is 9.78 Å². The molecule has 0 saturated carbocycles. The highest BCUT2D eigenvalue weighted by Crippen LogP contribution is 2.32. The van der Waals surface area contributed by atoms with Crippen LogP contribution in [0.1, 0.15) is 41.4 Å². The van der Waals surface area contributed by atoms with Gasteiger partial charge in [-0.15, -0.1) is 0 Å². The number of carbonyl (C=O) groups excluding carboxylic acids is 1. The van der Waals surface area contributed by atoms with E-state index in [4.69, 9.17) is 5.11 Å². The summed E-state index contributed by atoms with van der Waals surface area (Å²) in [5.41, 5.74) is -0.112. The van der Waals surface area contributed by atoms with Crippen LogP contribution < -0.4 is 4.90 Å². The second-order valence-electron chi connectivity index (χ2n) is 7.10. The quantitative estimate of drug-likeness (QED) is 0.812. The van der Waals surface area contributed by atoms with Gasteiger partial charge in [-0.05, 0) is 24.5 Å². The number of anilines is 1. The number of pyridine rings is 1. The average Bonchev–Trinajstić information content (AvgIpc) is 3.23. The third-order valence-electron chi connectivity index (χ3n) is 5.28. The molecule has 2 aliphatic heterocycles. The molecule has 0 unspecified atom stereocenters. The first-order valence-corrected chi connectivity index (χ1v) is 9.40. The van der Waals surface area contributed by atoms with Crippen LogP contribution in [0.15, 0.2) is 29.9 Å². The number of halogens is 2. The fourth-order valence-corrected chi connectivity index (χ4v) is 3.77. The molecule has 4 rings (SSSR count). The number of rotatable bonds is 4. The smallest absolute Gasteiger partial charge is 0.357 e. The molecule has 1 fully saturated rings. The zero-order chi connectivity index (χ0) is 21.3. The molecule has 11 heteroatoms. The van der Waals surface area contributed by atoms with Gasteiger partial charge in [0, 0.05) is 37.8 Å². The molecule has 0 bridgehead atoms. The van der Waals surface area contributed by atoms with Gasteiger partial charge in [-0.2, -0.15) is 5.10 Å². The minimum Gasteiger partial charge on any atom is -0.476 e. The highest BCUT2D eigenvalue weighted by molar-refractivity contribution is 5.86. The van der Waals surface area contributed by atoms with E-state index in [-0.39, 0.29) is 17.6 Å². The summed E-state index contributed by atoms with van der Waals surface area (Å²) in [5, 5.41) is 14.6. The van der Waals surface area contributed by atoms with Gasteiger partial charge in [-0.1, -0.05) is 0 Å². The number of piperidine rings is 1. The first kappa shape index (κ1) is 19.8. The Labute approximate surface area is 170 Å². The number of aromatic carboxylic acids is 1. The van der Waals surface area contributed by atoms with Crippen LogP contribution >= 0.6 is 0 Å². The van der Waals surface area contributed by atoms with Crippen molar-refractivity contribution in [2.24, 2.45) is 11.0 Å². The van der Waals surface area contributed by atoms with Crippen molar-refractivity contribution in [3.8, 4) is 0 Å². The number of nitrogens with zero attached hydrogens (tertiary/aromatic N) is 6. The third-order valence-corrected chi connectivity index (χ3v) is 5.28. The van der Waals surface area contributed by atoms with Crippen molar-refractivity contribution in [3.05, 3.63) is 47.7 Å². The second kappa shape index (κ2) is 8.09. The van der Waals surface area contributed by atoms with E-state index in [1.165, 1.54) is 17.3 Å². The Kier molecular flexibility index (Phi) is 5.34. The number of carbonyl (C=O) groups is 2. The van der Waals surface area contributed by atoms with Gasteiger partial charge in [0.2, 0.25) is 5.91 Å². The van der Waals surface area contributed by atoms with Crippen molar-refractivity contribution >= 4 is 23.9 Å². The SMILES string of the molecule is O=C(O)c1ncnc(N2CCC(C(=O)N3N=CC[C@H]3c3cncc(F)c3)CC2)c1F. The highest BCUT2D eigenvalue weighted by atomic mass is 19.1. The maximum Gasteiger partial charge on any atom is 0.357 e. The minimum absolute atomic E-state index is 0.0868. The van der Waals surface area contributed by atoms with Gasteiger partial charge >= 0.3 is 5.97 Å². The molecule has 2 aromatic rings. The molecule has 1 saturated heterocycles. The van der Waals surface area contributed by atoms with Gasteiger partial charge < -0.3 is 10.0 Å². The Balaban J connectivity index is 1.44. The molecule has 1 atom stereocenters. The lowest BCUT2D eigenvalue weighted by Gasteiger charge is -2.34. The number of hydrazone groups is 1. The van der Waals surface area contributed by atoms with Gasteiger partial charge in [0.15, 0.2) is 17.3 Å². The van der Waals surface area contributed by atoms with Crippen molar-refractivity contribution in [2.45, 2.75) is 25.3 Å². The summed E-state index contributed by atoms with van der Waals surface area (Å²) in [7, 11) is 0. The molecule has 0 radical (unpaired) electrons. The monoisotopic (exact) mass is 416 g/mol. The average molecular weight is 416 g/mol. The molecule has 1 amide bonds.